The molecule has 4 aromatic rings. The molecule has 0 atom stereocenters. The van der Waals surface area contributed by atoms with Crippen molar-refractivity contribution >= 4 is 34.3 Å². The first-order valence-corrected chi connectivity index (χ1v) is 12.2. The number of aryl methyl sites for hydroxylation is 2. The maximum atomic E-state index is 13.5. The second kappa shape index (κ2) is 10.4. The highest BCUT2D eigenvalue weighted by Gasteiger charge is 2.23. The number of fused-ring (bicyclic) bond motifs is 1. The fourth-order valence-electron chi connectivity index (χ4n) is 4.41. The monoisotopic (exact) mass is 499 g/mol. The lowest BCUT2D eigenvalue weighted by molar-refractivity contribution is -0.116. The zero-order chi connectivity index (χ0) is 25.9. The molecular formula is C28H29N5O4. The van der Waals surface area contributed by atoms with Gasteiger partial charge < -0.3 is 24.4 Å². The predicted octanol–water partition coefficient (Wildman–Crippen LogP) is 4.05. The summed E-state index contributed by atoms with van der Waals surface area (Å²) in [5.41, 5.74) is 5.59. The number of pyridine rings is 1. The Morgan fingerprint density at radius 1 is 1.03 bits per heavy atom. The summed E-state index contributed by atoms with van der Waals surface area (Å²) in [6.45, 7) is 6.78. The van der Waals surface area contributed by atoms with Crippen LogP contribution in [0.15, 0.2) is 59.1 Å². The van der Waals surface area contributed by atoms with Gasteiger partial charge in [0.2, 0.25) is 5.91 Å². The Kier molecular flexibility index (Phi) is 6.87. The van der Waals surface area contributed by atoms with E-state index in [4.69, 9.17) is 9.26 Å². The van der Waals surface area contributed by atoms with Crippen molar-refractivity contribution in [1.82, 2.24) is 15.0 Å². The molecule has 0 aliphatic carbocycles. The van der Waals surface area contributed by atoms with Gasteiger partial charge in [-0.15, -0.1) is 0 Å². The third-order valence-electron chi connectivity index (χ3n) is 6.45. The van der Waals surface area contributed by atoms with Gasteiger partial charge in [-0.1, -0.05) is 35.0 Å². The zero-order valence-electron chi connectivity index (χ0n) is 21.2. The summed E-state index contributed by atoms with van der Waals surface area (Å²) in [6, 6.07) is 17.3. The first-order chi connectivity index (χ1) is 17.9. The maximum Gasteiger partial charge on any atom is 0.259 e. The van der Waals surface area contributed by atoms with Crippen molar-refractivity contribution in [2.75, 3.05) is 50.1 Å². The molecule has 9 heteroatoms. The van der Waals surface area contributed by atoms with Crippen LogP contribution in [0.5, 0.6) is 0 Å². The van der Waals surface area contributed by atoms with Crippen molar-refractivity contribution in [1.29, 1.82) is 0 Å². The van der Waals surface area contributed by atoms with Crippen LogP contribution in [0.2, 0.25) is 0 Å². The predicted molar refractivity (Wildman–Crippen MR) is 142 cm³/mol. The summed E-state index contributed by atoms with van der Waals surface area (Å²) in [6.07, 6.45) is 0. The van der Waals surface area contributed by atoms with Crippen molar-refractivity contribution in [2.24, 2.45) is 0 Å². The number of aromatic nitrogens is 2. The number of carbonyl (C=O) groups is 2. The maximum absolute atomic E-state index is 13.5. The minimum atomic E-state index is -0.315. The van der Waals surface area contributed by atoms with E-state index in [1.807, 2.05) is 55.5 Å². The first-order valence-electron chi connectivity index (χ1n) is 12.2. The van der Waals surface area contributed by atoms with Crippen molar-refractivity contribution in [3.8, 4) is 11.3 Å². The number of hydrogen-bond donors (Lipinski definition) is 1. The summed E-state index contributed by atoms with van der Waals surface area (Å²) < 4.78 is 10.8. The van der Waals surface area contributed by atoms with E-state index in [1.54, 1.807) is 20.0 Å². The standard InChI is InChI=1S/C28H29N5O4/c1-18-4-6-20(7-5-18)24-16-23(26-19(2)31-37-27(26)30-24)28(35)32(3)17-25(34)29-21-8-10-22(11-9-21)33-12-14-36-15-13-33/h4-11,16H,12-15,17H2,1-3H3,(H,29,34). The minimum Gasteiger partial charge on any atom is -0.378 e. The summed E-state index contributed by atoms with van der Waals surface area (Å²) >= 11 is 0. The number of nitrogens with zero attached hydrogens (tertiary/aromatic N) is 4. The van der Waals surface area contributed by atoms with Gasteiger partial charge in [0.25, 0.3) is 11.6 Å². The molecule has 0 unspecified atom stereocenters. The Labute approximate surface area is 215 Å². The van der Waals surface area contributed by atoms with Crippen molar-refractivity contribution in [3.05, 3.63) is 71.4 Å². The lowest BCUT2D eigenvalue weighted by atomic mass is 10.0. The number of hydrogen-bond acceptors (Lipinski definition) is 7. The van der Waals surface area contributed by atoms with E-state index < -0.39 is 0 Å². The summed E-state index contributed by atoms with van der Waals surface area (Å²) in [5, 5.41) is 7.43. The molecule has 2 amide bonds. The third kappa shape index (κ3) is 5.31. The van der Waals surface area contributed by atoms with Crippen molar-refractivity contribution in [3.63, 3.8) is 0 Å². The number of rotatable bonds is 6. The molecule has 2 aromatic carbocycles. The van der Waals surface area contributed by atoms with E-state index in [0.29, 0.717) is 41.2 Å². The molecule has 190 valence electrons. The number of amides is 2. The van der Waals surface area contributed by atoms with Gasteiger partial charge in [0.1, 0.15) is 0 Å². The molecule has 1 aliphatic rings. The molecule has 0 saturated carbocycles. The van der Waals surface area contributed by atoms with Gasteiger partial charge in [-0.2, -0.15) is 0 Å². The summed E-state index contributed by atoms with van der Waals surface area (Å²) in [7, 11) is 1.60. The fourth-order valence-corrected chi connectivity index (χ4v) is 4.41. The molecule has 1 aliphatic heterocycles. The molecule has 1 N–H and O–H groups in total. The molecule has 0 bridgehead atoms. The Balaban J connectivity index is 1.31. The number of benzene rings is 2. The Bertz CT molecular complexity index is 1420. The van der Waals surface area contributed by atoms with Gasteiger partial charge in [0, 0.05) is 37.1 Å². The van der Waals surface area contributed by atoms with Gasteiger partial charge in [-0.25, -0.2) is 4.98 Å². The SMILES string of the molecule is Cc1ccc(-c2cc(C(=O)N(C)CC(=O)Nc3ccc(N4CCOCC4)cc3)c3c(C)noc3n2)cc1. The van der Waals surface area contributed by atoms with Crippen molar-refractivity contribution < 1.29 is 18.8 Å². The zero-order valence-corrected chi connectivity index (χ0v) is 21.2. The van der Waals surface area contributed by atoms with Crippen LogP contribution in [-0.2, 0) is 9.53 Å². The van der Waals surface area contributed by atoms with Crippen LogP contribution in [0, 0.1) is 13.8 Å². The number of anilines is 2. The lowest BCUT2D eigenvalue weighted by Gasteiger charge is -2.28. The normalized spacial score (nSPS) is 13.5. The molecule has 0 spiro atoms. The highest BCUT2D eigenvalue weighted by atomic mass is 16.5. The largest absolute Gasteiger partial charge is 0.378 e. The smallest absolute Gasteiger partial charge is 0.259 e. The number of nitrogens with one attached hydrogen (secondary N) is 1. The second-order valence-electron chi connectivity index (χ2n) is 9.22. The molecule has 37 heavy (non-hydrogen) atoms. The molecule has 5 rings (SSSR count). The van der Waals surface area contributed by atoms with E-state index in [0.717, 1.165) is 29.9 Å². The molecule has 2 aromatic heterocycles. The average Bonchev–Trinajstić information content (AvgIpc) is 3.29. The van der Waals surface area contributed by atoms with Crippen LogP contribution in [0.3, 0.4) is 0 Å². The number of carbonyl (C=O) groups excluding carboxylic acids is 2. The number of morpholine rings is 1. The van der Waals surface area contributed by atoms with Gasteiger partial charge in [0.15, 0.2) is 0 Å². The van der Waals surface area contributed by atoms with Crippen LogP contribution in [0.4, 0.5) is 11.4 Å². The minimum absolute atomic E-state index is 0.113. The van der Waals surface area contributed by atoms with E-state index in [2.05, 4.69) is 20.4 Å². The van der Waals surface area contributed by atoms with E-state index >= 15 is 0 Å². The second-order valence-corrected chi connectivity index (χ2v) is 9.22. The average molecular weight is 500 g/mol. The number of ether oxygens (including phenoxy) is 1. The van der Waals surface area contributed by atoms with Gasteiger partial charge in [-0.3, -0.25) is 9.59 Å². The molecule has 0 radical (unpaired) electrons. The molecule has 3 heterocycles. The molecule has 1 saturated heterocycles. The van der Waals surface area contributed by atoms with E-state index in [1.165, 1.54) is 4.90 Å². The summed E-state index contributed by atoms with van der Waals surface area (Å²) in [5.74, 6) is -0.606. The van der Waals surface area contributed by atoms with Crippen LogP contribution in [0.25, 0.3) is 22.4 Å². The Morgan fingerprint density at radius 3 is 2.43 bits per heavy atom. The van der Waals surface area contributed by atoms with Gasteiger partial charge in [-0.05, 0) is 44.2 Å². The summed E-state index contributed by atoms with van der Waals surface area (Å²) in [4.78, 5) is 34.5. The fraction of sp³-hybridized carbons (Fsp3) is 0.286. The topological polar surface area (TPSA) is 101 Å². The lowest BCUT2D eigenvalue weighted by Crippen LogP contribution is -2.36. The molecular weight excluding hydrogens is 470 g/mol. The highest BCUT2D eigenvalue weighted by Crippen LogP contribution is 2.28. The van der Waals surface area contributed by atoms with Crippen LogP contribution in [0.1, 0.15) is 21.6 Å². The van der Waals surface area contributed by atoms with E-state index in [-0.39, 0.29) is 24.1 Å². The van der Waals surface area contributed by atoms with Gasteiger partial charge in [0.05, 0.1) is 42.1 Å². The first kappa shape index (κ1) is 24.5. The van der Waals surface area contributed by atoms with Crippen LogP contribution >= 0.6 is 0 Å². The van der Waals surface area contributed by atoms with Gasteiger partial charge >= 0.3 is 0 Å². The Hall–Kier alpha value is -4.24. The number of likely N-dealkylation sites (N-methyl/N-ethyl adjacent to an activating group) is 1. The third-order valence-corrected chi connectivity index (χ3v) is 6.45. The highest BCUT2D eigenvalue weighted by molar-refractivity contribution is 6.08. The quantitative estimate of drug-likeness (QED) is 0.427. The van der Waals surface area contributed by atoms with E-state index in [9.17, 15) is 9.59 Å². The van der Waals surface area contributed by atoms with Crippen molar-refractivity contribution in [2.45, 2.75) is 13.8 Å². The van der Waals surface area contributed by atoms with Crippen LogP contribution < -0.4 is 10.2 Å². The molecule has 1 fully saturated rings. The molecule has 9 nitrogen and oxygen atoms in total. The van der Waals surface area contributed by atoms with Crippen LogP contribution in [-0.4, -0.2) is 66.8 Å². The Morgan fingerprint density at radius 2 is 1.73 bits per heavy atom.